The Balaban J connectivity index is 2.04. The summed E-state index contributed by atoms with van der Waals surface area (Å²) in [6, 6.07) is 10.4. The molecule has 1 aliphatic carbocycles. The average molecular weight is 408 g/mol. The van der Waals surface area contributed by atoms with E-state index in [1.165, 1.54) is 12.8 Å². The van der Waals surface area contributed by atoms with Crippen molar-refractivity contribution < 1.29 is 4.74 Å². The van der Waals surface area contributed by atoms with Crippen LogP contribution in [0.4, 0.5) is 0 Å². The molecule has 0 N–H and O–H groups in total. The predicted octanol–water partition coefficient (Wildman–Crippen LogP) is 6.06. The summed E-state index contributed by atoms with van der Waals surface area (Å²) in [6.45, 7) is 11.1. The second-order valence-corrected chi connectivity index (χ2v) is 14.5. The number of benzene rings is 1. The molecule has 0 spiro atoms. The molecule has 154 valence electrons. The van der Waals surface area contributed by atoms with E-state index < -0.39 is 8.24 Å². The van der Waals surface area contributed by atoms with Crippen molar-refractivity contribution in [1.82, 2.24) is 4.23 Å². The molecular formula is C25H33NO2Si. The average Bonchev–Trinajstić information content (AvgIpc) is 2.68. The highest BCUT2D eigenvalue weighted by molar-refractivity contribution is 6.74. The molecule has 1 aromatic heterocycles. The van der Waals surface area contributed by atoms with E-state index in [9.17, 15) is 4.79 Å². The number of hydrogen-bond donors (Lipinski definition) is 0. The number of ether oxygens (including phenoxy) is 1. The summed E-state index contributed by atoms with van der Waals surface area (Å²) in [5.41, 5.74) is 3.30. The lowest BCUT2D eigenvalue weighted by molar-refractivity contribution is 0.0782. The molecule has 2 aliphatic rings. The zero-order valence-corrected chi connectivity index (χ0v) is 19.3. The third-order valence-corrected chi connectivity index (χ3v) is 8.44. The first-order chi connectivity index (χ1) is 13.8. The molecule has 0 bridgehead atoms. The van der Waals surface area contributed by atoms with E-state index in [0.29, 0.717) is 11.8 Å². The van der Waals surface area contributed by atoms with Crippen molar-refractivity contribution in [3.05, 3.63) is 64.6 Å². The van der Waals surface area contributed by atoms with Gasteiger partial charge in [-0.25, -0.2) is 0 Å². The molecule has 2 aromatic rings. The topological polar surface area (TPSA) is 31.2 Å². The third kappa shape index (κ3) is 3.52. The molecular weight excluding hydrogens is 374 g/mol. The van der Waals surface area contributed by atoms with Crippen molar-refractivity contribution in [1.29, 1.82) is 0 Å². The SMILES string of the molecule is C/C=C/[C@@H]1Oc2c(-c3ccccc3)cn([Si](C)(C)C)c(=O)c2[C@@H]2[C@H]1CCC[C@H]2C. The van der Waals surface area contributed by atoms with Crippen LogP contribution >= 0.6 is 0 Å². The van der Waals surface area contributed by atoms with Gasteiger partial charge in [0.2, 0.25) is 5.56 Å². The first-order valence-electron chi connectivity index (χ1n) is 11.0. The van der Waals surface area contributed by atoms with Crippen LogP contribution < -0.4 is 10.3 Å². The number of rotatable bonds is 3. The minimum absolute atomic E-state index is 0.0462. The Bertz CT molecular complexity index is 971. The van der Waals surface area contributed by atoms with Crippen LogP contribution in [-0.4, -0.2) is 18.6 Å². The van der Waals surface area contributed by atoms with Crippen LogP contribution in [0.25, 0.3) is 11.1 Å². The summed E-state index contributed by atoms with van der Waals surface area (Å²) in [4.78, 5) is 13.8. The second-order valence-electron chi connectivity index (χ2n) is 9.70. The molecule has 4 rings (SSSR count). The van der Waals surface area contributed by atoms with Crippen LogP contribution in [-0.2, 0) is 0 Å². The molecule has 0 amide bonds. The predicted molar refractivity (Wildman–Crippen MR) is 123 cm³/mol. The van der Waals surface area contributed by atoms with Crippen molar-refractivity contribution in [2.24, 2.45) is 11.8 Å². The fourth-order valence-corrected chi connectivity index (χ4v) is 6.53. The molecule has 0 radical (unpaired) electrons. The fraction of sp³-hybridized carbons (Fsp3) is 0.480. The molecule has 1 saturated carbocycles. The molecule has 29 heavy (non-hydrogen) atoms. The van der Waals surface area contributed by atoms with Gasteiger partial charge in [-0.15, -0.1) is 0 Å². The molecule has 0 unspecified atom stereocenters. The first kappa shape index (κ1) is 20.2. The van der Waals surface area contributed by atoms with Crippen LogP contribution in [0.1, 0.15) is 44.6 Å². The highest BCUT2D eigenvalue weighted by Crippen LogP contribution is 2.51. The minimum atomic E-state index is -1.88. The summed E-state index contributed by atoms with van der Waals surface area (Å²) in [5, 5.41) is 0. The standard InChI is InChI=1S/C25H33NO2Si/c1-6-11-21-19-15-10-12-17(2)22(19)23-24(28-21)20(18-13-8-7-9-14-18)16-26(25(23)27)29(3,4)5/h6-9,11,13-14,16-17,19,21-22H,10,12,15H2,1-5H3/b11-6+/t17-,19+,21+,22+/m1/s1. The van der Waals surface area contributed by atoms with Gasteiger partial charge in [-0.2, -0.15) is 0 Å². The monoisotopic (exact) mass is 407 g/mol. The Morgan fingerprint density at radius 3 is 2.52 bits per heavy atom. The van der Waals surface area contributed by atoms with Crippen LogP contribution in [0.15, 0.2) is 53.5 Å². The smallest absolute Gasteiger partial charge is 0.249 e. The van der Waals surface area contributed by atoms with Gasteiger partial charge < -0.3 is 8.97 Å². The fourth-order valence-electron chi connectivity index (χ4n) is 5.28. The quantitative estimate of drug-likeness (QED) is 0.458. The van der Waals surface area contributed by atoms with Crippen molar-refractivity contribution in [3.8, 4) is 16.9 Å². The molecule has 4 heteroatoms. The van der Waals surface area contributed by atoms with Gasteiger partial charge in [-0.05, 0) is 30.9 Å². The number of pyridine rings is 1. The van der Waals surface area contributed by atoms with Crippen molar-refractivity contribution >= 4 is 8.24 Å². The number of aromatic nitrogens is 1. The maximum absolute atomic E-state index is 13.8. The molecule has 1 fully saturated rings. The summed E-state index contributed by atoms with van der Waals surface area (Å²) in [6.07, 6.45) is 9.94. The molecule has 1 aromatic carbocycles. The Kier molecular flexibility index (Phi) is 5.32. The largest absolute Gasteiger partial charge is 0.485 e. The zero-order chi connectivity index (χ0) is 20.8. The van der Waals surface area contributed by atoms with Gasteiger partial charge >= 0.3 is 0 Å². The van der Waals surface area contributed by atoms with Crippen molar-refractivity contribution in [3.63, 3.8) is 0 Å². The van der Waals surface area contributed by atoms with E-state index in [1.54, 1.807) is 0 Å². The van der Waals surface area contributed by atoms with E-state index in [4.69, 9.17) is 4.74 Å². The molecule has 0 saturated heterocycles. The summed E-state index contributed by atoms with van der Waals surface area (Å²) in [7, 11) is -1.88. The lowest BCUT2D eigenvalue weighted by Gasteiger charge is -2.45. The van der Waals surface area contributed by atoms with E-state index in [1.807, 2.05) is 6.07 Å². The lowest BCUT2D eigenvalue weighted by atomic mass is 9.66. The highest BCUT2D eigenvalue weighted by atomic mass is 28.3. The maximum atomic E-state index is 13.8. The van der Waals surface area contributed by atoms with E-state index in [-0.39, 0.29) is 17.6 Å². The lowest BCUT2D eigenvalue weighted by Crippen LogP contribution is -2.48. The van der Waals surface area contributed by atoms with Gasteiger partial charge in [0.05, 0.1) is 5.56 Å². The number of fused-ring (bicyclic) bond motifs is 3. The van der Waals surface area contributed by atoms with E-state index >= 15 is 0 Å². The maximum Gasteiger partial charge on any atom is 0.249 e. The molecule has 1 aliphatic heterocycles. The van der Waals surface area contributed by atoms with Crippen LogP contribution in [0.5, 0.6) is 5.75 Å². The summed E-state index contributed by atoms with van der Waals surface area (Å²) in [5.74, 6) is 1.98. The Morgan fingerprint density at radius 1 is 1.14 bits per heavy atom. The highest BCUT2D eigenvalue weighted by Gasteiger charge is 2.45. The second kappa shape index (κ2) is 7.64. The number of hydrogen-bond acceptors (Lipinski definition) is 2. The Morgan fingerprint density at radius 2 is 1.86 bits per heavy atom. The van der Waals surface area contributed by atoms with Gasteiger partial charge in [0, 0.05) is 23.6 Å². The van der Waals surface area contributed by atoms with Crippen LogP contribution in [0.3, 0.4) is 0 Å². The van der Waals surface area contributed by atoms with Crippen LogP contribution in [0.2, 0.25) is 19.6 Å². The molecule has 3 nitrogen and oxygen atoms in total. The summed E-state index contributed by atoms with van der Waals surface area (Å²) >= 11 is 0. The zero-order valence-electron chi connectivity index (χ0n) is 18.3. The number of allylic oxidation sites excluding steroid dienone is 1. The normalized spacial score (nSPS) is 26.7. The van der Waals surface area contributed by atoms with Gasteiger partial charge in [0.15, 0.2) is 8.24 Å². The van der Waals surface area contributed by atoms with Gasteiger partial charge in [0.1, 0.15) is 11.9 Å². The first-order valence-corrected chi connectivity index (χ1v) is 14.4. The van der Waals surface area contributed by atoms with E-state index in [2.05, 4.69) is 80.3 Å². The van der Waals surface area contributed by atoms with E-state index in [0.717, 1.165) is 28.9 Å². The van der Waals surface area contributed by atoms with Crippen LogP contribution in [0, 0.1) is 11.8 Å². The Labute approximate surface area is 175 Å². The molecule has 2 heterocycles. The van der Waals surface area contributed by atoms with Crippen molar-refractivity contribution in [2.75, 3.05) is 0 Å². The Hall–Kier alpha value is -2.07. The third-order valence-electron chi connectivity index (χ3n) is 6.67. The molecule has 4 atom stereocenters. The number of nitrogens with zero attached hydrogens (tertiary/aromatic N) is 1. The van der Waals surface area contributed by atoms with Crippen molar-refractivity contribution in [2.45, 2.75) is 64.8 Å². The summed E-state index contributed by atoms with van der Waals surface area (Å²) < 4.78 is 8.70. The van der Waals surface area contributed by atoms with Gasteiger partial charge in [0.25, 0.3) is 0 Å². The minimum Gasteiger partial charge on any atom is -0.485 e. The van der Waals surface area contributed by atoms with Gasteiger partial charge in [-0.3, -0.25) is 4.79 Å². The van der Waals surface area contributed by atoms with Gasteiger partial charge in [-0.1, -0.05) is 75.8 Å².